The minimum Gasteiger partial charge on any atom is -0.487 e. The van der Waals surface area contributed by atoms with Gasteiger partial charge in [0.05, 0.1) is 17.8 Å². The first-order chi connectivity index (χ1) is 15.8. The Morgan fingerprint density at radius 1 is 1.15 bits per heavy atom. The molecular weight excluding hydrogens is 655 g/mol. The maximum Gasteiger partial charge on any atom is 0.269 e. The Bertz CT molecular complexity index is 1280. The van der Waals surface area contributed by atoms with Crippen molar-refractivity contribution in [2.45, 2.75) is 6.61 Å². The summed E-state index contributed by atoms with van der Waals surface area (Å²) in [5, 5.41) is 22.8. The molecule has 0 heterocycles. The van der Waals surface area contributed by atoms with Crippen molar-refractivity contribution in [3.05, 3.63) is 100 Å². The Balaban J connectivity index is 1.78. The van der Waals surface area contributed by atoms with Crippen LogP contribution in [0.1, 0.15) is 11.1 Å². The van der Waals surface area contributed by atoms with Gasteiger partial charge in [-0.3, -0.25) is 14.9 Å². The van der Waals surface area contributed by atoms with Crippen molar-refractivity contribution in [3.63, 3.8) is 0 Å². The van der Waals surface area contributed by atoms with Crippen molar-refractivity contribution in [2.75, 3.05) is 5.32 Å². The maximum absolute atomic E-state index is 13.8. The molecule has 3 aromatic carbocycles. The molecule has 0 aliphatic rings. The summed E-state index contributed by atoms with van der Waals surface area (Å²) in [5.74, 6) is -0.745. The number of nitro benzene ring substituents is 1. The Kier molecular flexibility index (Phi) is 8.34. The van der Waals surface area contributed by atoms with E-state index in [1.54, 1.807) is 30.3 Å². The van der Waals surface area contributed by atoms with Crippen LogP contribution in [-0.2, 0) is 11.4 Å². The predicted octanol–water partition coefficient (Wildman–Crippen LogP) is 6.07. The fraction of sp³-hybridized carbons (Fsp3) is 0.0435. The van der Waals surface area contributed by atoms with Crippen LogP contribution in [0.4, 0.5) is 15.8 Å². The van der Waals surface area contributed by atoms with Crippen LogP contribution in [0.25, 0.3) is 6.08 Å². The molecule has 0 aliphatic heterocycles. The molecule has 1 amide bonds. The fourth-order valence-corrected chi connectivity index (χ4v) is 4.91. The van der Waals surface area contributed by atoms with E-state index in [4.69, 9.17) is 4.74 Å². The average Bonchev–Trinajstić information content (AvgIpc) is 2.78. The van der Waals surface area contributed by atoms with E-state index in [1.807, 2.05) is 6.07 Å². The van der Waals surface area contributed by atoms with Crippen LogP contribution >= 0.6 is 45.2 Å². The summed E-state index contributed by atoms with van der Waals surface area (Å²) in [7, 11) is 0. The number of nitro groups is 1. The number of nitrogens with one attached hydrogen (secondary N) is 1. The van der Waals surface area contributed by atoms with E-state index in [0.29, 0.717) is 16.9 Å². The molecule has 0 radical (unpaired) electrons. The molecule has 10 heteroatoms. The average molecular weight is 669 g/mol. The zero-order valence-electron chi connectivity index (χ0n) is 16.7. The van der Waals surface area contributed by atoms with Gasteiger partial charge in [-0.1, -0.05) is 24.3 Å². The maximum atomic E-state index is 13.8. The third-order valence-corrected chi connectivity index (χ3v) is 5.93. The molecule has 3 aromatic rings. The normalized spacial score (nSPS) is 10.9. The number of amides is 1. The Labute approximate surface area is 215 Å². The molecule has 0 saturated carbocycles. The monoisotopic (exact) mass is 669 g/mol. The van der Waals surface area contributed by atoms with Gasteiger partial charge in [0.25, 0.3) is 11.6 Å². The highest BCUT2D eigenvalue weighted by molar-refractivity contribution is 14.1. The number of rotatable bonds is 7. The number of non-ortho nitro benzene ring substituents is 1. The van der Waals surface area contributed by atoms with E-state index in [0.717, 1.165) is 7.14 Å². The third-order valence-electron chi connectivity index (χ3n) is 4.32. The molecule has 0 fully saturated rings. The number of ether oxygens (including phenoxy) is 1. The van der Waals surface area contributed by atoms with Crippen LogP contribution in [0.15, 0.2) is 66.2 Å². The summed E-state index contributed by atoms with van der Waals surface area (Å²) in [6.07, 6.45) is 1.41. The van der Waals surface area contributed by atoms with Crippen molar-refractivity contribution in [1.29, 1.82) is 5.26 Å². The highest BCUT2D eigenvalue weighted by Crippen LogP contribution is 2.31. The molecule has 0 unspecified atom stereocenters. The number of carbonyl (C=O) groups is 1. The quantitative estimate of drug-likeness (QED) is 0.108. The Morgan fingerprint density at radius 2 is 1.85 bits per heavy atom. The van der Waals surface area contributed by atoms with E-state index in [1.165, 1.54) is 36.4 Å². The Morgan fingerprint density at radius 3 is 2.48 bits per heavy atom. The molecule has 0 atom stereocenters. The number of nitrogens with zero attached hydrogens (tertiary/aromatic N) is 2. The first kappa shape index (κ1) is 24.6. The van der Waals surface area contributed by atoms with E-state index >= 15 is 0 Å². The molecule has 33 heavy (non-hydrogen) atoms. The summed E-state index contributed by atoms with van der Waals surface area (Å²) >= 11 is 4.14. The molecule has 7 nitrogen and oxygen atoms in total. The molecule has 0 bridgehead atoms. The number of benzene rings is 3. The van der Waals surface area contributed by atoms with Crippen molar-refractivity contribution in [3.8, 4) is 11.8 Å². The SMILES string of the molecule is N#C/C(=C/c1cc(I)c(OCc2cccc([N+](=O)[O-])c2)c(I)c1)C(=O)Nc1ccccc1F. The van der Waals surface area contributed by atoms with Crippen molar-refractivity contribution in [1.82, 2.24) is 0 Å². The van der Waals surface area contributed by atoms with Gasteiger partial charge in [0, 0.05) is 12.1 Å². The first-order valence-electron chi connectivity index (χ1n) is 9.31. The fourth-order valence-electron chi connectivity index (χ4n) is 2.78. The number of hydrogen-bond acceptors (Lipinski definition) is 5. The van der Waals surface area contributed by atoms with Crippen LogP contribution in [0.5, 0.6) is 5.75 Å². The second-order valence-electron chi connectivity index (χ2n) is 6.63. The van der Waals surface area contributed by atoms with Crippen LogP contribution in [0, 0.1) is 34.4 Å². The predicted molar refractivity (Wildman–Crippen MR) is 138 cm³/mol. The molecule has 0 aromatic heterocycles. The van der Waals surface area contributed by atoms with Gasteiger partial charge >= 0.3 is 0 Å². The first-order valence-corrected chi connectivity index (χ1v) is 11.5. The van der Waals surface area contributed by atoms with Crippen molar-refractivity contribution in [2.24, 2.45) is 0 Å². The molecule has 1 N–H and O–H groups in total. The molecule has 3 rings (SSSR count). The summed E-state index contributed by atoms with van der Waals surface area (Å²) < 4.78 is 21.1. The standard InChI is InChI=1S/C23H14FI2N3O4/c24-18-6-1-2-7-21(18)28-23(30)16(12-27)8-15-10-19(25)22(20(26)11-15)33-13-14-4-3-5-17(9-14)29(31)32/h1-11H,13H2,(H,28,30)/b16-8-. The lowest BCUT2D eigenvalue weighted by Gasteiger charge is -2.12. The van der Waals surface area contributed by atoms with Crippen molar-refractivity contribution >= 4 is 68.5 Å². The van der Waals surface area contributed by atoms with Gasteiger partial charge in [0.1, 0.15) is 29.8 Å². The van der Waals surface area contributed by atoms with Gasteiger partial charge in [-0.2, -0.15) is 5.26 Å². The lowest BCUT2D eigenvalue weighted by molar-refractivity contribution is -0.384. The van der Waals surface area contributed by atoms with Crippen LogP contribution in [0.3, 0.4) is 0 Å². The minimum absolute atomic E-state index is 0.0151. The highest BCUT2D eigenvalue weighted by Gasteiger charge is 2.14. The van der Waals surface area contributed by atoms with E-state index < -0.39 is 16.6 Å². The summed E-state index contributed by atoms with van der Waals surface area (Å²) in [4.78, 5) is 22.9. The summed E-state index contributed by atoms with van der Waals surface area (Å²) in [6.45, 7) is 0.136. The number of halogens is 3. The zero-order chi connectivity index (χ0) is 24.0. The van der Waals surface area contributed by atoms with Crippen LogP contribution in [-0.4, -0.2) is 10.8 Å². The van der Waals surface area contributed by atoms with Gasteiger partial charge in [-0.05, 0) is 86.7 Å². The summed E-state index contributed by atoms with van der Waals surface area (Å²) in [5.41, 5.74) is 1.02. The minimum atomic E-state index is -0.724. The molecule has 166 valence electrons. The number of hydrogen-bond donors (Lipinski definition) is 1. The number of anilines is 1. The van der Waals surface area contributed by atoms with Crippen LogP contribution < -0.4 is 10.1 Å². The van der Waals surface area contributed by atoms with E-state index in [2.05, 4.69) is 50.5 Å². The van der Waals surface area contributed by atoms with Gasteiger partial charge < -0.3 is 10.1 Å². The van der Waals surface area contributed by atoms with Gasteiger partial charge in [-0.25, -0.2) is 4.39 Å². The lowest BCUT2D eigenvalue weighted by Crippen LogP contribution is -2.14. The van der Waals surface area contributed by atoms with E-state index in [9.17, 15) is 24.6 Å². The van der Waals surface area contributed by atoms with Crippen LogP contribution in [0.2, 0.25) is 0 Å². The second-order valence-corrected chi connectivity index (χ2v) is 8.96. The number of carbonyl (C=O) groups excluding carboxylic acids is 1. The largest absolute Gasteiger partial charge is 0.487 e. The topological polar surface area (TPSA) is 105 Å². The molecule has 0 spiro atoms. The van der Waals surface area contributed by atoms with E-state index in [-0.39, 0.29) is 23.6 Å². The zero-order valence-corrected chi connectivity index (χ0v) is 21.0. The smallest absolute Gasteiger partial charge is 0.269 e. The lowest BCUT2D eigenvalue weighted by atomic mass is 10.1. The molecular formula is C23H14FI2N3O4. The number of nitriles is 1. The van der Waals surface area contributed by atoms with Gasteiger partial charge in [0.15, 0.2) is 0 Å². The van der Waals surface area contributed by atoms with Crippen molar-refractivity contribution < 1.29 is 18.8 Å². The third kappa shape index (κ3) is 6.48. The van der Waals surface area contributed by atoms with Gasteiger partial charge in [0.2, 0.25) is 0 Å². The summed E-state index contributed by atoms with van der Waals surface area (Å²) in [6, 6.07) is 17.2. The van der Waals surface area contributed by atoms with Gasteiger partial charge in [-0.15, -0.1) is 0 Å². The molecule has 0 saturated heterocycles. The highest BCUT2D eigenvalue weighted by atomic mass is 127. The Hall–Kier alpha value is -3.05. The molecule has 0 aliphatic carbocycles. The second kappa shape index (κ2) is 11.2. The number of para-hydroxylation sites is 1.